The van der Waals surface area contributed by atoms with Crippen molar-refractivity contribution in [3.63, 3.8) is 0 Å². The van der Waals surface area contributed by atoms with Gasteiger partial charge in [0.1, 0.15) is 23.5 Å². The van der Waals surface area contributed by atoms with Crippen molar-refractivity contribution < 1.29 is 38.4 Å². The Hall–Kier alpha value is -5.14. The minimum atomic E-state index is -0.950. The third-order valence-corrected chi connectivity index (χ3v) is 7.32. The van der Waals surface area contributed by atoms with E-state index in [1.165, 1.54) is 6.20 Å². The summed E-state index contributed by atoms with van der Waals surface area (Å²) in [6, 6.07) is 2.97. The fraction of sp³-hybridized carbons (Fsp3) is 0.357. The maximum absolute atomic E-state index is 12.5. The van der Waals surface area contributed by atoms with Crippen LogP contribution in [0.1, 0.15) is 98.4 Å². The van der Waals surface area contributed by atoms with E-state index in [1.807, 2.05) is 13.8 Å². The molecular weight excluding hydrogens is 548 g/mol. The Balaban J connectivity index is 0.000000169. The van der Waals surface area contributed by atoms with E-state index >= 15 is 0 Å². The highest BCUT2D eigenvalue weighted by atomic mass is 16.2. The minimum Gasteiger partial charge on any atom is -0.295 e. The van der Waals surface area contributed by atoms with E-state index in [9.17, 15) is 38.4 Å². The summed E-state index contributed by atoms with van der Waals surface area (Å²) in [5, 5.41) is 4.30. The first-order valence-corrected chi connectivity index (χ1v) is 13.3. The summed E-state index contributed by atoms with van der Waals surface area (Å²) in [5.74, 6) is -4.11. The Morgan fingerprint density at radius 3 is 1.79 bits per heavy atom. The van der Waals surface area contributed by atoms with Crippen LogP contribution in [-0.4, -0.2) is 79.1 Å². The van der Waals surface area contributed by atoms with Crippen molar-refractivity contribution in [2.45, 2.75) is 64.5 Å². The second kappa shape index (κ2) is 10.7. The first kappa shape index (κ1) is 28.4. The number of nitrogens with one attached hydrogen (secondary N) is 2. The maximum Gasteiger partial charge on any atom is 0.280 e. The molecule has 2 aromatic heterocycles. The number of rotatable bonds is 3. The largest absolute Gasteiger partial charge is 0.295 e. The molecule has 2 fully saturated rings. The highest BCUT2D eigenvalue weighted by Crippen LogP contribution is 2.28. The normalized spacial score (nSPS) is 21.7. The highest BCUT2D eigenvalue weighted by molar-refractivity contribution is 6.23. The molecule has 4 aliphatic heterocycles. The summed E-state index contributed by atoms with van der Waals surface area (Å²) in [4.78, 5) is 105. The molecule has 2 unspecified atom stereocenters. The first-order chi connectivity index (χ1) is 19.9. The van der Waals surface area contributed by atoms with Crippen molar-refractivity contribution >= 4 is 47.3 Å². The number of fused-ring (bicyclic) bond motifs is 2. The zero-order valence-corrected chi connectivity index (χ0v) is 22.9. The van der Waals surface area contributed by atoms with Gasteiger partial charge in [0.2, 0.25) is 23.6 Å². The number of nitrogens with zero attached hydrogens (tertiary/aromatic N) is 4. The number of aromatic nitrogens is 2. The topological polar surface area (TPSA) is 193 Å². The van der Waals surface area contributed by atoms with Gasteiger partial charge < -0.3 is 0 Å². The summed E-state index contributed by atoms with van der Waals surface area (Å²) in [5.41, 5.74) is 2.03. The van der Waals surface area contributed by atoms with Gasteiger partial charge in [-0.2, -0.15) is 0 Å². The van der Waals surface area contributed by atoms with Crippen molar-refractivity contribution in [2.24, 2.45) is 0 Å². The fourth-order valence-corrected chi connectivity index (χ4v) is 5.13. The molecule has 14 nitrogen and oxygen atoms in total. The molecule has 216 valence electrons. The van der Waals surface area contributed by atoms with Gasteiger partial charge in [-0.3, -0.25) is 58.8 Å². The molecule has 2 N–H and O–H groups in total. The average Bonchev–Trinajstić information content (AvgIpc) is 3.33. The monoisotopic (exact) mass is 574 g/mol. The SMILES string of the molecule is CC(C)c1ccc2c(n1)C(=O)N(C1CCC(=O)NC1=O)C2=O.Cc1cnc2c(c1)C(=O)N(C1CCC(=O)NC1=O)C2=O. The van der Waals surface area contributed by atoms with Crippen LogP contribution in [0.5, 0.6) is 0 Å². The third-order valence-electron chi connectivity index (χ3n) is 7.32. The average molecular weight is 575 g/mol. The van der Waals surface area contributed by atoms with Crippen LogP contribution < -0.4 is 10.6 Å². The smallest absolute Gasteiger partial charge is 0.280 e. The molecule has 0 aliphatic carbocycles. The molecule has 42 heavy (non-hydrogen) atoms. The van der Waals surface area contributed by atoms with Crippen molar-refractivity contribution in [1.29, 1.82) is 0 Å². The molecule has 2 aromatic rings. The number of carbonyl (C=O) groups excluding carboxylic acids is 8. The zero-order chi connectivity index (χ0) is 30.5. The predicted molar refractivity (Wildman–Crippen MR) is 141 cm³/mol. The number of carbonyl (C=O) groups is 8. The van der Waals surface area contributed by atoms with Gasteiger partial charge in [-0.15, -0.1) is 0 Å². The molecule has 6 rings (SSSR count). The maximum atomic E-state index is 12.5. The molecule has 0 saturated carbocycles. The lowest BCUT2D eigenvalue weighted by Gasteiger charge is -2.27. The van der Waals surface area contributed by atoms with Gasteiger partial charge >= 0.3 is 0 Å². The summed E-state index contributed by atoms with van der Waals surface area (Å²) in [7, 11) is 0. The van der Waals surface area contributed by atoms with Crippen molar-refractivity contribution in [3.05, 3.63) is 58.2 Å². The van der Waals surface area contributed by atoms with E-state index in [0.717, 1.165) is 15.4 Å². The van der Waals surface area contributed by atoms with Crippen LogP contribution in [0.15, 0.2) is 24.4 Å². The Bertz CT molecular complexity index is 1620. The van der Waals surface area contributed by atoms with Crippen LogP contribution in [0, 0.1) is 6.92 Å². The van der Waals surface area contributed by atoms with Gasteiger partial charge in [0, 0.05) is 24.7 Å². The minimum absolute atomic E-state index is 0.0605. The number of hydrogen-bond acceptors (Lipinski definition) is 10. The summed E-state index contributed by atoms with van der Waals surface area (Å²) >= 11 is 0. The molecule has 14 heteroatoms. The third kappa shape index (κ3) is 4.84. The molecule has 2 saturated heterocycles. The number of pyridine rings is 2. The summed E-state index contributed by atoms with van der Waals surface area (Å²) in [6.45, 7) is 5.64. The molecule has 0 aromatic carbocycles. The number of piperidine rings is 2. The van der Waals surface area contributed by atoms with Crippen LogP contribution in [-0.2, 0) is 19.2 Å². The van der Waals surface area contributed by atoms with E-state index in [2.05, 4.69) is 20.6 Å². The van der Waals surface area contributed by atoms with Crippen LogP contribution in [0.2, 0.25) is 0 Å². The van der Waals surface area contributed by atoms with Gasteiger partial charge in [-0.25, -0.2) is 9.97 Å². The molecule has 6 heterocycles. The number of hydrogen-bond donors (Lipinski definition) is 2. The van der Waals surface area contributed by atoms with Gasteiger partial charge in [-0.1, -0.05) is 13.8 Å². The molecule has 0 bridgehead atoms. The van der Waals surface area contributed by atoms with Crippen LogP contribution in [0.4, 0.5) is 0 Å². The quantitative estimate of drug-likeness (QED) is 0.485. The molecular formula is C28H26N6O8. The summed E-state index contributed by atoms with van der Waals surface area (Å²) < 4.78 is 0. The molecule has 2 atom stereocenters. The fourth-order valence-electron chi connectivity index (χ4n) is 5.13. The number of aryl methyl sites for hydroxylation is 1. The van der Waals surface area contributed by atoms with Crippen molar-refractivity contribution in [3.8, 4) is 0 Å². The molecule has 8 amide bonds. The van der Waals surface area contributed by atoms with E-state index in [4.69, 9.17) is 0 Å². The number of amides is 8. The van der Waals surface area contributed by atoms with Crippen LogP contribution in [0.25, 0.3) is 0 Å². The first-order valence-electron chi connectivity index (χ1n) is 13.3. The van der Waals surface area contributed by atoms with Crippen LogP contribution >= 0.6 is 0 Å². The Morgan fingerprint density at radius 1 is 0.738 bits per heavy atom. The molecule has 0 radical (unpaired) electrons. The van der Waals surface area contributed by atoms with Crippen molar-refractivity contribution in [1.82, 2.24) is 30.4 Å². The van der Waals surface area contributed by atoms with E-state index in [1.54, 1.807) is 25.1 Å². The lowest BCUT2D eigenvalue weighted by atomic mass is 10.0. The summed E-state index contributed by atoms with van der Waals surface area (Å²) in [6.07, 6.45) is 2.00. The van der Waals surface area contributed by atoms with Gasteiger partial charge in [0.05, 0.1) is 11.1 Å². The molecule has 0 spiro atoms. The van der Waals surface area contributed by atoms with E-state index in [0.29, 0.717) is 5.69 Å². The van der Waals surface area contributed by atoms with E-state index in [-0.39, 0.29) is 54.1 Å². The Labute approximate surface area is 238 Å². The molecule has 4 aliphatic rings. The lowest BCUT2D eigenvalue weighted by molar-refractivity contribution is -0.137. The van der Waals surface area contributed by atoms with Crippen LogP contribution in [0.3, 0.4) is 0 Å². The van der Waals surface area contributed by atoms with Gasteiger partial charge in [0.15, 0.2) is 0 Å². The highest BCUT2D eigenvalue weighted by Gasteiger charge is 2.46. The lowest BCUT2D eigenvalue weighted by Crippen LogP contribution is -2.54. The number of imide groups is 4. The Kier molecular flexibility index (Phi) is 7.22. The van der Waals surface area contributed by atoms with Crippen molar-refractivity contribution in [2.75, 3.05) is 0 Å². The Morgan fingerprint density at radius 2 is 1.26 bits per heavy atom. The standard InChI is InChI=1S/C15H15N3O4.C13H11N3O4/c1-7(2)9-4-3-8-12(16-9)15(22)18(14(8)21)10-5-6-11(19)17-13(10)20;1-6-4-7-10(14-5-6)13(20)16(12(7)19)8-2-3-9(17)15-11(8)18/h3-4,7,10H,5-6H2,1-2H3,(H,17,19,20);4-5,8H,2-3H2,1H3,(H,15,17,18). The second-order valence-corrected chi connectivity index (χ2v) is 10.6. The zero-order valence-electron chi connectivity index (χ0n) is 22.9. The van der Waals surface area contributed by atoms with E-state index < -0.39 is 59.3 Å². The second-order valence-electron chi connectivity index (χ2n) is 10.6. The predicted octanol–water partition coefficient (Wildman–Crippen LogP) is 0.397. The van der Waals surface area contributed by atoms with Gasteiger partial charge in [-0.05, 0) is 49.4 Å². The van der Waals surface area contributed by atoms with Gasteiger partial charge in [0.25, 0.3) is 23.6 Å².